The van der Waals surface area contributed by atoms with E-state index in [2.05, 4.69) is 25.1 Å². The molecule has 1 N–H and O–H groups in total. The highest BCUT2D eigenvalue weighted by molar-refractivity contribution is 5.87. The Labute approximate surface area is 174 Å². The minimum atomic E-state index is -0.601. The van der Waals surface area contributed by atoms with Crippen LogP contribution in [0.3, 0.4) is 0 Å². The third kappa shape index (κ3) is 11.2. The summed E-state index contributed by atoms with van der Waals surface area (Å²) in [5, 5.41) is 2.84. The highest BCUT2D eigenvalue weighted by Gasteiger charge is 2.26. The molecule has 2 amide bonds. The molecule has 0 unspecified atom stereocenters. The number of hydrogen-bond acceptors (Lipinski definition) is 4. The highest BCUT2D eigenvalue weighted by Crippen LogP contribution is 2.17. The van der Waals surface area contributed by atoms with Gasteiger partial charge >= 0.3 is 0 Å². The molecule has 0 saturated carbocycles. The van der Waals surface area contributed by atoms with Crippen LogP contribution < -0.4 is 5.32 Å². The van der Waals surface area contributed by atoms with E-state index < -0.39 is 5.83 Å². The number of allylic oxidation sites excluding steroid dienone is 3. The summed E-state index contributed by atoms with van der Waals surface area (Å²) in [6.07, 6.45) is 3.77. The number of piperidine rings is 1. The van der Waals surface area contributed by atoms with Crippen LogP contribution in [0, 0.1) is 5.92 Å². The number of halogens is 1. The summed E-state index contributed by atoms with van der Waals surface area (Å²) >= 11 is 0. The lowest BCUT2D eigenvalue weighted by atomic mass is 9.96. The molecule has 164 valence electrons. The van der Waals surface area contributed by atoms with E-state index in [0.29, 0.717) is 57.0 Å². The first-order chi connectivity index (χ1) is 13.8. The largest absolute Gasteiger partial charge is 0.491 e. The van der Waals surface area contributed by atoms with Gasteiger partial charge in [-0.1, -0.05) is 33.6 Å². The van der Waals surface area contributed by atoms with E-state index in [9.17, 15) is 14.0 Å². The Bertz CT molecular complexity index is 594. The monoisotopic (exact) mass is 410 g/mol. The average Bonchev–Trinajstić information content (AvgIpc) is 2.72. The van der Waals surface area contributed by atoms with Crippen molar-refractivity contribution in [3.63, 3.8) is 0 Å². The van der Waals surface area contributed by atoms with Gasteiger partial charge in [-0.3, -0.25) is 9.59 Å². The van der Waals surface area contributed by atoms with Crippen LogP contribution in [0.1, 0.15) is 33.6 Å². The number of ether oxygens (including phenoxy) is 2. The molecule has 0 aliphatic carbocycles. The van der Waals surface area contributed by atoms with Crippen molar-refractivity contribution in [2.24, 2.45) is 5.92 Å². The lowest BCUT2D eigenvalue weighted by Gasteiger charge is -2.30. The fourth-order valence-electron chi connectivity index (χ4n) is 2.62. The summed E-state index contributed by atoms with van der Waals surface area (Å²) in [5.74, 6) is -0.462. The van der Waals surface area contributed by atoms with Crippen molar-refractivity contribution in [3.05, 3.63) is 49.0 Å². The third-order valence-corrected chi connectivity index (χ3v) is 4.09. The van der Waals surface area contributed by atoms with E-state index in [1.807, 2.05) is 13.8 Å². The Kier molecular flexibility index (Phi) is 14.2. The molecule has 1 aliphatic rings. The van der Waals surface area contributed by atoms with Gasteiger partial charge in [0.15, 0.2) is 0 Å². The van der Waals surface area contributed by atoms with Crippen LogP contribution in [0.2, 0.25) is 0 Å². The molecule has 1 aliphatic heterocycles. The SMILES string of the molecule is C=CC(=O)N1CCC(C(=O)NCCOCCO/C(=C/C(=C)F)C(=C)C)CC1.CC. The second-order valence-corrected chi connectivity index (χ2v) is 6.29. The average molecular weight is 411 g/mol. The van der Waals surface area contributed by atoms with Crippen LogP contribution in [0.4, 0.5) is 4.39 Å². The van der Waals surface area contributed by atoms with Crippen LogP contribution in [-0.4, -0.2) is 56.2 Å². The first kappa shape index (κ1) is 26.6. The Morgan fingerprint density at radius 2 is 1.79 bits per heavy atom. The predicted octanol–water partition coefficient (Wildman–Crippen LogP) is 3.53. The number of hydrogen-bond donors (Lipinski definition) is 1. The number of carbonyl (C=O) groups is 2. The third-order valence-electron chi connectivity index (χ3n) is 4.09. The van der Waals surface area contributed by atoms with Gasteiger partial charge in [0.2, 0.25) is 11.8 Å². The summed E-state index contributed by atoms with van der Waals surface area (Å²) in [6.45, 7) is 18.5. The van der Waals surface area contributed by atoms with E-state index in [-0.39, 0.29) is 24.3 Å². The van der Waals surface area contributed by atoms with E-state index in [0.717, 1.165) is 0 Å². The van der Waals surface area contributed by atoms with Crippen molar-refractivity contribution < 1.29 is 23.5 Å². The molecule has 1 heterocycles. The van der Waals surface area contributed by atoms with Gasteiger partial charge in [-0.2, -0.15) is 0 Å². The van der Waals surface area contributed by atoms with Crippen molar-refractivity contribution in [2.45, 2.75) is 33.6 Å². The molecule has 7 heteroatoms. The Hall–Kier alpha value is -2.41. The molecule has 1 rings (SSSR count). The lowest BCUT2D eigenvalue weighted by molar-refractivity contribution is -0.132. The number of likely N-dealkylation sites (tertiary alicyclic amines) is 1. The number of amides is 2. The topological polar surface area (TPSA) is 67.9 Å². The van der Waals surface area contributed by atoms with Crippen LogP contribution in [0.15, 0.2) is 49.0 Å². The first-order valence-electron chi connectivity index (χ1n) is 9.96. The zero-order valence-corrected chi connectivity index (χ0v) is 18.0. The second-order valence-electron chi connectivity index (χ2n) is 6.29. The van der Waals surface area contributed by atoms with Gasteiger partial charge < -0.3 is 19.7 Å². The molecule has 1 fully saturated rings. The van der Waals surface area contributed by atoms with Crippen molar-refractivity contribution in [1.29, 1.82) is 0 Å². The number of rotatable bonds is 11. The van der Waals surface area contributed by atoms with Crippen molar-refractivity contribution >= 4 is 11.8 Å². The molecule has 0 bridgehead atoms. The maximum Gasteiger partial charge on any atom is 0.245 e. The van der Waals surface area contributed by atoms with E-state index in [1.54, 1.807) is 11.8 Å². The van der Waals surface area contributed by atoms with Crippen LogP contribution in [0.5, 0.6) is 0 Å². The minimum Gasteiger partial charge on any atom is -0.491 e. The number of nitrogens with zero attached hydrogens (tertiary/aromatic N) is 1. The standard InChI is InChI=1S/C20H29FN2O4.C2H6/c1-5-19(24)23-9-6-17(7-10-23)20(25)22-8-11-26-12-13-27-18(15(2)3)14-16(4)21;1-2/h5,14,17H,1-2,4,6-13H2,3H3,(H,22,25);1-2H3/b18-14+;. The summed E-state index contributed by atoms with van der Waals surface area (Å²) in [5.41, 5.74) is 0.599. The molecule has 0 aromatic rings. The minimum absolute atomic E-state index is 0.0190. The fourth-order valence-corrected chi connectivity index (χ4v) is 2.62. The maximum atomic E-state index is 12.8. The zero-order valence-electron chi connectivity index (χ0n) is 18.0. The van der Waals surface area contributed by atoms with E-state index in [1.165, 1.54) is 12.2 Å². The van der Waals surface area contributed by atoms with Crippen LogP contribution >= 0.6 is 0 Å². The van der Waals surface area contributed by atoms with Crippen molar-refractivity contribution in [2.75, 3.05) is 39.5 Å². The molecule has 6 nitrogen and oxygen atoms in total. The summed E-state index contributed by atoms with van der Waals surface area (Å²) in [7, 11) is 0. The van der Waals surface area contributed by atoms with Crippen LogP contribution in [0.25, 0.3) is 0 Å². The summed E-state index contributed by atoms with van der Waals surface area (Å²) < 4.78 is 23.6. The normalized spacial score (nSPS) is 14.3. The van der Waals surface area contributed by atoms with Gasteiger partial charge in [0, 0.05) is 31.6 Å². The van der Waals surface area contributed by atoms with Gasteiger partial charge in [0.1, 0.15) is 18.2 Å². The number of nitrogens with one attached hydrogen (secondary N) is 1. The predicted molar refractivity (Wildman–Crippen MR) is 114 cm³/mol. The maximum absolute atomic E-state index is 12.8. The van der Waals surface area contributed by atoms with Gasteiger partial charge in [-0.25, -0.2) is 4.39 Å². The lowest BCUT2D eigenvalue weighted by Crippen LogP contribution is -2.43. The van der Waals surface area contributed by atoms with Crippen molar-refractivity contribution in [1.82, 2.24) is 10.2 Å². The van der Waals surface area contributed by atoms with Crippen LogP contribution in [-0.2, 0) is 19.1 Å². The second kappa shape index (κ2) is 15.5. The molecule has 1 saturated heterocycles. The highest BCUT2D eigenvalue weighted by atomic mass is 19.1. The molecular weight excluding hydrogens is 375 g/mol. The fraction of sp³-hybridized carbons (Fsp3) is 0.545. The van der Waals surface area contributed by atoms with Gasteiger partial charge in [0.25, 0.3) is 0 Å². The Morgan fingerprint density at radius 3 is 2.31 bits per heavy atom. The quantitative estimate of drug-likeness (QED) is 0.245. The molecule has 0 aromatic carbocycles. The zero-order chi connectivity index (χ0) is 22.2. The molecule has 0 spiro atoms. The molecule has 29 heavy (non-hydrogen) atoms. The Morgan fingerprint density at radius 1 is 1.17 bits per heavy atom. The van der Waals surface area contributed by atoms with Crippen molar-refractivity contribution in [3.8, 4) is 0 Å². The summed E-state index contributed by atoms with van der Waals surface area (Å²) in [6, 6.07) is 0. The molecular formula is C22H35FN2O4. The number of carbonyl (C=O) groups excluding carboxylic acids is 2. The van der Waals surface area contributed by atoms with Gasteiger partial charge in [-0.05, 0) is 31.4 Å². The van der Waals surface area contributed by atoms with Gasteiger partial charge in [-0.15, -0.1) is 0 Å². The smallest absolute Gasteiger partial charge is 0.245 e. The van der Waals surface area contributed by atoms with E-state index in [4.69, 9.17) is 9.47 Å². The Balaban J connectivity index is 0.00000379. The first-order valence-corrected chi connectivity index (χ1v) is 9.96. The molecule has 0 radical (unpaired) electrons. The summed E-state index contributed by atoms with van der Waals surface area (Å²) in [4.78, 5) is 25.3. The molecule has 0 aromatic heterocycles. The van der Waals surface area contributed by atoms with Gasteiger partial charge in [0.05, 0.1) is 13.2 Å². The van der Waals surface area contributed by atoms with E-state index >= 15 is 0 Å². The molecule has 0 atom stereocenters.